The molecule has 1 amide bonds. The molecule has 1 heterocycles. The highest BCUT2D eigenvalue weighted by Crippen LogP contribution is 2.31. The molecule has 0 bridgehead atoms. The van der Waals surface area contributed by atoms with Gasteiger partial charge >= 0.3 is 0 Å². The molecule has 0 spiro atoms. The van der Waals surface area contributed by atoms with Crippen molar-refractivity contribution in [2.75, 3.05) is 13.1 Å². The first-order chi connectivity index (χ1) is 17.9. The van der Waals surface area contributed by atoms with E-state index in [1.807, 2.05) is 47.5 Å². The Morgan fingerprint density at radius 1 is 0.865 bits per heavy atom. The van der Waals surface area contributed by atoms with Crippen molar-refractivity contribution >= 4 is 63.2 Å². The summed E-state index contributed by atoms with van der Waals surface area (Å²) in [6, 6.07) is 19.7. The van der Waals surface area contributed by atoms with Crippen LogP contribution in [0.25, 0.3) is 10.9 Å². The second kappa shape index (κ2) is 11.7. The van der Waals surface area contributed by atoms with E-state index >= 15 is 0 Å². The molecule has 0 saturated heterocycles. The molecule has 37 heavy (non-hydrogen) atoms. The number of halogens is 4. The zero-order valence-corrected chi connectivity index (χ0v) is 23.2. The van der Waals surface area contributed by atoms with Gasteiger partial charge in [-0.25, -0.2) is 0 Å². The largest absolute Gasteiger partial charge is 0.361 e. The Morgan fingerprint density at radius 2 is 1.68 bits per heavy atom. The Kier molecular flexibility index (Phi) is 8.33. The van der Waals surface area contributed by atoms with Gasteiger partial charge in [0.15, 0.2) is 0 Å². The van der Waals surface area contributed by atoms with Gasteiger partial charge in [-0.15, -0.1) is 0 Å². The number of hydrogen-bond donors (Lipinski definition) is 1. The molecule has 8 heteroatoms. The van der Waals surface area contributed by atoms with Crippen molar-refractivity contribution in [2.24, 2.45) is 0 Å². The number of nitrogens with zero attached hydrogens (tertiary/aromatic N) is 2. The molecule has 1 aliphatic carbocycles. The molecule has 1 N–H and O–H groups in total. The van der Waals surface area contributed by atoms with Gasteiger partial charge in [-0.2, -0.15) is 0 Å². The van der Waals surface area contributed by atoms with E-state index in [2.05, 4.69) is 22.0 Å². The number of nitrogens with one attached hydrogen (secondary N) is 1. The van der Waals surface area contributed by atoms with Crippen LogP contribution in [0.15, 0.2) is 66.9 Å². The number of para-hydroxylation sites is 1. The third-order valence-corrected chi connectivity index (χ3v) is 8.15. The summed E-state index contributed by atoms with van der Waals surface area (Å²) >= 11 is 25.0. The molecule has 4 aromatic rings. The van der Waals surface area contributed by atoms with Crippen LogP contribution in [-0.2, 0) is 24.3 Å². The van der Waals surface area contributed by atoms with Crippen molar-refractivity contribution in [3.05, 3.63) is 104 Å². The minimum atomic E-state index is 0.0721. The number of hydrogen-bond acceptors (Lipinski definition) is 2. The number of aromatic amines is 1. The zero-order chi connectivity index (χ0) is 25.9. The van der Waals surface area contributed by atoms with Crippen LogP contribution < -0.4 is 0 Å². The fraction of sp³-hybridized carbons (Fsp3) is 0.276. The maximum atomic E-state index is 13.8. The Morgan fingerprint density at radius 3 is 2.43 bits per heavy atom. The van der Waals surface area contributed by atoms with E-state index in [1.54, 1.807) is 12.1 Å². The van der Waals surface area contributed by atoms with Crippen LogP contribution in [0.1, 0.15) is 29.5 Å². The summed E-state index contributed by atoms with van der Waals surface area (Å²) in [5.74, 6) is 0.0721. The number of benzene rings is 3. The molecule has 0 atom stereocenters. The predicted molar refractivity (Wildman–Crippen MR) is 154 cm³/mol. The highest BCUT2D eigenvalue weighted by molar-refractivity contribution is 6.42. The Labute approximate surface area is 237 Å². The molecule has 1 aliphatic rings. The molecule has 0 unspecified atom stereocenters. The molecule has 0 aliphatic heterocycles. The summed E-state index contributed by atoms with van der Waals surface area (Å²) in [5.41, 5.74) is 4.20. The summed E-state index contributed by atoms with van der Waals surface area (Å²) in [7, 11) is 0. The number of carbonyl (C=O) groups is 1. The van der Waals surface area contributed by atoms with Crippen molar-refractivity contribution < 1.29 is 4.79 Å². The topological polar surface area (TPSA) is 39.3 Å². The van der Waals surface area contributed by atoms with E-state index in [9.17, 15) is 4.79 Å². The normalized spacial score (nSPS) is 13.4. The van der Waals surface area contributed by atoms with Gasteiger partial charge in [0.2, 0.25) is 5.91 Å². The van der Waals surface area contributed by atoms with E-state index in [4.69, 9.17) is 46.4 Å². The third-order valence-electron chi connectivity index (χ3n) is 6.83. The summed E-state index contributed by atoms with van der Waals surface area (Å²) < 4.78 is 0. The summed E-state index contributed by atoms with van der Waals surface area (Å²) in [5, 5.41) is 3.40. The van der Waals surface area contributed by atoms with E-state index in [0.29, 0.717) is 52.3 Å². The Hall–Kier alpha value is -2.21. The van der Waals surface area contributed by atoms with Gasteiger partial charge in [-0.3, -0.25) is 9.69 Å². The van der Waals surface area contributed by atoms with Crippen LogP contribution in [0, 0.1) is 0 Å². The summed E-state index contributed by atoms with van der Waals surface area (Å²) in [6.45, 7) is 1.97. The highest BCUT2D eigenvalue weighted by Gasteiger charge is 2.32. The van der Waals surface area contributed by atoms with Gasteiger partial charge in [-0.1, -0.05) is 76.7 Å². The standard InChI is InChI=1S/C29H27Cl4N3O/c30-22-7-6-21(26(32)14-22)17-36(23-8-9-23)18-29(37)35(16-19-5-10-25(31)27(33)13-19)12-11-20-15-34-28-4-2-1-3-24(20)28/h1-7,10,13-15,23,34H,8-9,11-12,16-18H2. The van der Waals surface area contributed by atoms with Crippen LogP contribution in [0.5, 0.6) is 0 Å². The Bertz CT molecular complexity index is 1420. The second-order valence-corrected chi connectivity index (χ2v) is 11.2. The maximum absolute atomic E-state index is 13.8. The average Bonchev–Trinajstić information content (AvgIpc) is 3.65. The number of fused-ring (bicyclic) bond motifs is 1. The van der Waals surface area contributed by atoms with Gasteiger partial charge in [0.25, 0.3) is 0 Å². The number of H-pyrrole nitrogens is 1. The zero-order valence-electron chi connectivity index (χ0n) is 20.2. The quantitative estimate of drug-likeness (QED) is 0.208. The minimum absolute atomic E-state index is 0.0721. The van der Waals surface area contributed by atoms with Crippen molar-refractivity contribution in [2.45, 2.75) is 38.4 Å². The van der Waals surface area contributed by atoms with Crippen molar-refractivity contribution in [1.29, 1.82) is 0 Å². The fourth-order valence-electron chi connectivity index (χ4n) is 4.64. The molecular weight excluding hydrogens is 548 g/mol. The lowest BCUT2D eigenvalue weighted by molar-refractivity contribution is -0.133. The van der Waals surface area contributed by atoms with Gasteiger partial charge in [0, 0.05) is 52.8 Å². The molecule has 4 nitrogen and oxygen atoms in total. The van der Waals surface area contributed by atoms with Gasteiger partial charge in [0.1, 0.15) is 0 Å². The van der Waals surface area contributed by atoms with Crippen LogP contribution >= 0.6 is 46.4 Å². The average molecular weight is 575 g/mol. The molecule has 5 rings (SSSR count). The summed E-state index contributed by atoms with van der Waals surface area (Å²) in [6.07, 6.45) is 4.94. The number of aromatic nitrogens is 1. The monoisotopic (exact) mass is 573 g/mol. The van der Waals surface area contributed by atoms with Crippen LogP contribution in [0.2, 0.25) is 20.1 Å². The SMILES string of the molecule is O=C(CN(Cc1ccc(Cl)cc1Cl)C1CC1)N(CCc1c[nH]c2ccccc12)Cc1ccc(Cl)c(Cl)c1. The highest BCUT2D eigenvalue weighted by atomic mass is 35.5. The van der Waals surface area contributed by atoms with E-state index < -0.39 is 0 Å². The lowest BCUT2D eigenvalue weighted by Crippen LogP contribution is -2.41. The lowest BCUT2D eigenvalue weighted by Gasteiger charge is -2.28. The third kappa shape index (κ3) is 6.63. The number of rotatable bonds is 10. The van der Waals surface area contributed by atoms with Gasteiger partial charge in [-0.05, 0) is 66.3 Å². The van der Waals surface area contributed by atoms with Crippen LogP contribution in [0.4, 0.5) is 0 Å². The van der Waals surface area contributed by atoms with Crippen molar-refractivity contribution in [1.82, 2.24) is 14.8 Å². The first-order valence-corrected chi connectivity index (χ1v) is 13.8. The van der Waals surface area contributed by atoms with Gasteiger partial charge in [0.05, 0.1) is 16.6 Å². The maximum Gasteiger partial charge on any atom is 0.237 e. The molecule has 0 radical (unpaired) electrons. The first-order valence-electron chi connectivity index (χ1n) is 12.3. The Balaban J connectivity index is 1.34. The molecule has 1 saturated carbocycles. The van der Waals surface area contributed by atoms with Gasteiger partial charge < -0.3 is 9.88 Å². The second-order valence-electron chi connectivity index (χ2n) is 9.55. The summed E-state index contributed by atoms with van der Waals surface area (Å²) in [4.78, 5) is 21.2. The van der Waals surface area contributed by atoms with E-state index in [0.717, 1.165) is 35.9 Å². The van der Waals surface area contributed by atoms with Crippen LogP contribution in [0.3, 0.4) is 0 Å². The van der Waals surface area contributed by atoms with E-state index in [-0.39, 0.29) is 5.91 Å². The smallest absolute Gasteiger partial charge is 0.237 e. The molecule has 1 fully saturated rings. The number of amides is 1. The van der Waals surface area contributed by atoms with Crippen LogP contribution in [-0.4, -0.2) is 39.8 Å². The lowest BCUT2D eigenvalue weighted by atomic mass is 10.1. The number of carbonyl (C=O) groups excluding carboxylic acids is 1. The predicted octanol–water partition coefficient (Wildman–Crippen LogP) is 8.02. The van der Waals surface area contributed by atoms with Crippen molar-refractivity contribution in [3.63, 3.8) is 0 Å². The van der Waals surface area contributed by atoms with Crippen molar-refractivity contribution in [3.8, 4) is 0 Å². The molecule has 1 aromatic heterocycles. The molecular formula is C29H27Cl4N3O. The fourth-order valence-corrected chi connectivity index (χ4v) is 5.43. The first kappa shape index (κ1) is 26.4. The molecule has 192 valence electrons. The minimum Gasteiger partial charge on any atom is -0.361 e. The van der Waals surface area contributed by atoms with E-state index in [1.165, 1.54) is 10.9 Å². The molecule has 3 aromatic carbocycles.